The second kappa shape index (κ2) is 8.77. The Morgan fingerprint density at radius 2 is 1.81 bits per heavy atom. The number of carboxylic acid groups (broad SMARTS) is 1. The molecule has 1 aliphatic heterocycles. The minimum absolute atomic E-state index is 0.0967. The zero-order chi connectivity index (χ0) is 19.2. The number of ether oxygens (including phenoxy) is 2. The molecule has 6 nitrogen and oxygen atoms in total. The van der Waals surface area contributed by atoms with Gasteiger partial charge < -0.3 is 19.9 Å². The van der Waals surface area contributed by atoms with Crippen molar-refractivity contribution in [1.82, 2.24) is 5.32 Å². The number of carbonyl (C=O) groups is 2. The molecule has 0 atom stereocenters. The number of benzene rings is 2. The lowest BCUT2D eigenvalue weighted by atomic mass is 10.1. The molecule has 0 saturated carbocycles. The van der Waals surface area contributed by atoms with Crippen LogP contribution in [0.3, 0.4) is 0 Å². The number of hydrogen-bond acceptors (Lipinski definition) is 4. The first kappa shape index (κ1) is 19.0. The number of amides is 1. The van der Waals surface area contributed by atoms with Crippen LogP contribution in [0.2, 0.25) is 5.02 Å². The van der Waals surface area contributed by atoms with Crippen molar-refractivity contribution in [1.29, 1.82) is 0 Å². The molecule has 3 rings (SSSR count). The van der Waals surface area contributed by atoms with Gasteiger partial charge in [0.25, 0.3) is 0 Å². The number of carboxylic acids is 1. The van der Waals surface area contributed by atoms with Crippen LogP contribution in [0.25, 0.3) is 0 Å². The molecule has 2 aromatic carbocycles. The summed E-state index contributed by atoms with van der Waals surface area (Å²) in [6, 6.07) is 10.1. The maximum atomic E-state index is 12.1. The summed E-state index contributed by atoms with van der Waals surface area (Å²) in [4.78, 5) is 22.9. The third-order valence-corrected chi connectivity index (χ3v) is 4.47. The summed E-state index contributed by atoms with van der Waals surface area (Å²) in [6.45, 7) is 1.48. The fraction of sp³-hybridized carbons (Fsp3) is 0.300. The highest BCUT2D eigenvalue weighted by Gasteiger charge is 2.16. The molecule has 0 aliphatic carbocycles. The minimum Gasteiger partial charge on any atom is -0.489 e. The lowest BCUT2D eigenvalue weighted by Gasteiger charge is -2.12. The van der Waals surface area contributed by atoms with E-state index in [1.165, 1.54) is 12.1 Å². The third kappa shape index (κ3) is 5.14. The molecule has 0 bridgehead atoms. The number of aryl methyl sites for hydroxylation is 1. The van der Waals surface area contributed by atoms with E-state index in [0.29, 0.717) is 49.1 Å². The first-order valence-electron chi connectivity index (χ1n) is 8.70. The van der Waals surface area contributed by atoms with Crippen LogP contribution in [0.5, 0.6) is 11.5 Å². The minimum atomic E-state index is -0.965. The van der Waals surface area contributed by atoms with Crippen LogP contribution < -0.4 is 14.8 Å². The van der Waals surface area contributed by atoms with Crippen LogP contribution in [0.15, 0.2) is 36.4 Å². The number of fused-ring (bicyclic) bond motifs is 1. The van der Waals surface area contributed by atoms with Gasteiger partial charge >= 0.3 is 5.97 Å². The standard InChI is InChI=1S/C20H20ClNO5/c21-16-10-14(11-17-19(16)27-9-1-8-26-17)12-22-18(23)7-4-13-2-5-15(6-3-13)20(24)25/h2-3,5-6,10-11H,1,4,7-9,12H2,(H,22,23)(H,24,25). The molecule has 0 radical (unpaired) electrons. The highest BCUT2D eigenvalue weighted by molar-refractivity contribution is 6.32. The summed E-state index contributed by atoms with van der Waals surface area (Å²) in [5.74, 6) is 0.0884. The topological polar surface area (TPSA) is 84.9 Å². The van der Waals surface area contributed by atoms with E-state index < -0.39 is 5.97 Å². The zero-order valence-corrected chi connectivity index (χ0v) is 15.4. The zero-order valence-electron chi connectivity index (χ0n) is 14.7. The second-order valence-corrected chi connectivity index (χ2v) is 6.64. The van der Waals surface area contributed by atoms with Gasteiger partial charge in [-0.25, -0.2) is 4.79 Å². The molecule has 1 heterocycles. The van der Waals surface area contributed by atoms with Crippen molar-refractivity contribution >= 4 is 23.5 Å². The Morgan fingerprint density at radius 3 is 2.56 bits per heavy atom. The summed E-state index contributed by atoms with van der Waals surface area (Å²) >= 11 is 6.25. The molecular weight excluding hydrogens is 370 g/mol. The first-order chi connectivity index (χ1) is 13.0. The maximum absolute atomic E-state index is 12.1. The Kier molecular flexibility index (Phi) is 6.19. The number of hydrogen-bond donors (Lipinski definition) is 2. The summed E-state index contributed by atoms with van der Waals surface area (Å²) in [5, 5.41) is 12.2. The summed E-state index contributed by atoms with van der Waals surface area (Å²) in [5.41, 5.74) is 1.98. The molecule has 0 saturated heterocycles. The predicted molar refractivity (Wildman–Crippen MR) is 101 cm³/mol. The molecule has 1 amide bonds. The van der Waals surface area contributed by atoms with Crippen molar-refractivity contribution in [3.8, 4) is 11.5 Å². The first-order valence-corrected chi connectivity index (χ1v) is 9.07. The van der Waals surface area contributed by atoms with Gasteiger partial charge in [-0.05, 0) is 41.8 Å². The molecule has 0 spiro atoms. The average Bonchev–Trinajstić information content (AvgIpc) is 2.91. The van der Waals surface area contributed by atoms with Crippen molar-refractivity contribution in [2.24, 2.45) is 0 Å². The van der Waals surface area contributed by atoms with E-state index in [1.807, 2.05) is 6.07 Å². The van der Waals surface area contributed by atoms with E-state index >= 15 is 0 Å². The normalized spacial score (nSPS) is 12.9. The molecule has 0 aromatic heterocycles. The molecule has 27 heavy (non-hydrogen) atoms. The Bertz CT molecular complexity index is 835. The van der Waals surface area contributed by atoms with E-state index in [-0.39, 0.29) is 11.5 Å². The van der Waals surface area contributed by atoms with Crippen LogP contribution in [0, 0.1) is 0 Å². The van der Waals surface area contributed by atoms with Crippen LogP contribution >= 0.6 is 11.6 Å². The van der Waals surface area contributed by atoms with Gasteiger partial charge in [-0.3, -0.25) is 4.79 Å². The van der Waals surface area contributed by atoms with Crippen LogP contribution in [0.1, 0.15) is 34.3 Å². The molecule has 142 valence electrons. The molecule has 2 aromatic rings. The van der Waals surface area contributed by atoms with Gasteiger partial charge in [-0.2, -0.15) is 0 Å². The van der Waals surface area contributed by atoms with E-state index in [2.05, 4.69) is 5.32 Å². The smallest absolute Gasteiger partial charge is 0.335 e. The lowest BCUT2D eigenvalue weighted by molar-refractivity contribution is -0.121. The number of rotatable bonds is 6. The fourth-order valence-corrected chi connectivity index (χ4v) is 3.03. The Balaban J connectivity index is 1.52. The number of halogens is 1. The Hall–Kier alpha value is -2.73. The van der Waals surface area contributed by atoms with Gasteiger partial charge in [0.05, 0.1) is 23.8 Å². The average molecular weight is 390 g/mol. The molecule has 0 fully saturated rings. The van der Waals surface area contributed by atoms with Gasteiger partial charge in [0.15, 0.2) is 11.5 Å². The van der Waals surface area contributed by atoms with Crippen LogP contribution in [0.4, 0.5) is 0 Å². The van der Waals surface area contributed by atoms with Gasteiger partial charge in [0, 0.05) is 19.4 Å². The van der Waals surface area contributed by atoms with Gasteiger partial charge in [-0.1, -0.05) is 23.7 Å². The molecule has 1 aliphatic rings. The summed E-state index contributed by atoms with van der Waals surface area (Å²) in [7, 11) is 0. The maximum Gasteiger partial charge on any atom is 0.335 e. The van der Waals surface area contributed by atoms with E-state index in [0.717, 1.165) is 17.5 Å². The fourth-order valence-electron chi connectivity index (χ4n) is 2.75. The lowest BCUT2D eigenvalue weighted by Crippen LogP contribution is -2.23. The Labute approximate surface area is 162 Å². The van der Waals surface area contributed by atoms with Crippen LogP contribution in [-0.4, -0.2) is 30.2 Å². The van der Waals surface area contributed by atoms with Crippen molar-refractivity contribution in [3.63, 3.8) is 0 Å². The Morgan fingerprint density at radius 1 is 1.07 bits per heavy atom. The molecule has 2 N–H and O–H groups in total. The highest BCUT2D eigenvalue weighted by Crippen LogP contribution is 2.37. The van der Waals surface area contributed by atoms with Gasteiger partial charge in [0.1, 0.15) is 0 Å². The largest absolute Gasteiger partial charge is 0.489 e. The van der Waals surface area contributed by atoms with Crippen molar-refractivity contribution in [3.05, 3.63) is 58.1 Å². The van der Waals surface area contributed by atoms with Gasteiger partial charge in [0.2, 0.25) is 5.91 Å². The molecular formula is C20H20ClNO5. The summed E-state index contributed by atoms with van der Waals surface area (Å²) in [6.07, 6.45) is 1.64. The van der Waals surface area contributed by atoms with Crippen molar-refractivity contribution < 1.29 is 24.2 Å². The second-order valence-electron chi connectivity index (χ2n) is 6.23. The summed E-state index contributed by atoms with van der Waals surface area (Å²) < 4.78 is 11.2. The van der Waals surface area contributed by atoms with E-state index in [1.54, 1.807) is 18.2 Å². The van der Waals surface area contributed by atoms with Crippen molar-refractivity contribution in [2.45, 2.75) is 25.8 Å². The SMILES string of the molecule is O=C(CCc1ccc(C(=O)O)cc1)NCc1cc(Cl)c2c(c1)OCCCO2. The van der Waals surface area contributed by atoms with E-state index in [9.17, 15) is 9.59 Å². The third-order valence-electron chi connectivity index (χ3n) is 4.19. The number of carbonyl (C=O) groups excluding carboxylic acids is 1. The van der Waals surface area contributed by atoms with Crippen molar-refractivity contribution in [2.75, 3.05) is 13.2 Å². The molecule has 7 heteroatoms. The highest BCUT2D eigenvalue weighted by atomic mass is 35.5. The van der Waals surface area contributed by atoms with Crippen LogP contribution in [-0.2, 0) is 17.8 Å². The predicted octanol–water partition coefficient (Wildman–Crippen LogP) is 3.45. The van der Waals surface area contributed by atoms with E-state index in [4.69, 9.17) is 26.2 Å². The number of nitrogens with one attached hydrogen (secondary N) is 1. The quantitative estimate of drug-likeness (QED) is 0.790. The molecule has 0 unspecified atom stereocenters. The monoisotopic (exact) mass is 389 g/mol. The number of aromatic carboxylic acids is 1. The van der Waals surface area contributed by atoms with Gasteiger partial charge in [-0.15, -0.1) is 0 Å².